The molecule has 4 aromatic rings. The van der Waals surface area contributed by atoms with Crippen LogP contribution in [0.4, 0.5) is 0 Å². The van der Waals surface area contributed by atoms with E-state index in [1.54, 1.807) is 7.11 Å². The fraction of sp³-hybridized carbons (Fsp3) is 0.290. The number of hydrogen-bond donors (Lipinski definition) is 1. The predicted octanol–water partition coefficient (Wildman–Crippen LogP) is 5.73. The van der Waals surface area contributed by atoms with Gasteiger partial charge >= 0.3 is 0 Å². The van der Waals surface area contributed by atoms with Crippen molar-refractivity contribution in [2.45, 2.75) is 39.8 Å². The van der Waals surface area contributed by atoms with Gasteiger partial charge in [0.05, 0.1) is 30.7 Å². The first kappa shape index (κ1) is 26.8. The van der Waals surface area contributed by atoms with E-state index < -0.39 is 0 Å². The molecule has 0 bridgehead atoms. The molecule has 198 valence electrons. The van der Waals surface area contributed by atoms with Crippen LogP contribution in [0.2, 0.25) is 0 Å². The number of ether oxygens (including phenoxy) is 3. The van der Waals surface area contributed by atoms with Gasteiger partial charge in [-0.3, -0.25) is 4.79 Å². The largest absolute Gasteiger partial charge is 0.493 e. The van der Waals surface area contributed by atoms with Crippen molar-refractivity contribution >= 4 is 16.9 Å². The van der Waals surface area contributed by atoms with Crippen LogP contribution in [-0.4, -0.2) is 35.8 Å². The van der Waals surface area contributed by atoms with Crippen LogP contribution in [0.15, 0.2) is 73.3 Å². The third kappa shape index (κ3) is 6.35. The maximum Gasteiger partial charge on any atom is 0.258 e. The van der Waals surface area contributed by atoms with Crippen molar-refractivity contribution in [1.82, 2.24) is 14.9 Å². The Kier molecular flexibility index (Phi) is 8.69. The van der Waals surface area contributed by atoms with E-state index in [1.165, 1.54) is 0 Å². The number of aryl methyl sites for hydroxylation is 2. The number of fused-ring (bicyclic) bond motifs is 1. The Balaban J connectivity index is 1.45. The molecule has 1 unspecified atom stereocenters. The maximum atomic E-state index is 12.7. The number of methoxy groups -OCH3 is 1. The van der Waals surface area contributed by atoms with Crippen LogP contribution in [-0.2, 0) is 17.8 Å². The number of imidazole rings is 1. The average Bonchev–Trinajstić information content (AvgIpc) is 3.29. The Bertz CT molecular complexity index is 1430. The number of nitrogens with one attached hydrogen (secondary N) is 1. The summed E-state index contributed by atoms with van der Waals surface area (Å²) >= 11 is 0. The monoisotopic (exact) mass is 513 g/mol. The molecule has 0 radical (unpaired) electrons. The van der Waals surface area contributed by atoms with E-state index in [2.05, 4.69) is 16.5 Å². The molecule has 1 N–H and O–H groups in total. The average molecular weight is 514 g/mol. The number of hydrogen-bond acceptors (Lipinski definition) is 5. The number of amides is 1. The highest BCUT2D eigenvalue weighted by Crippen LogP contribution is 2.29. The first-order chi connectivity index (χ1) is 18.4. The molecule has 0 saturated carbocycles. The van der Waals surface area contributed by atoms with Gasteiger partial charge in [0.2, 0.25) is 0 Å². The second-order valence-corrected chi connectivity index (χ2v) is 9.28. The highest BCUT2D eigenvalue weighted by molar-refractivity contribution is 5.79. The van der Waals surface area contributed by atoms with Gasteiger partial charge in [-0.15, -0.1) is 6.58 Å². The van der Waals surface area contributed by atoms with Crippen LogP contribution in [0.5, 0.6) is 17.2 Å². The van der Waals surface area contributed by atoms with Crippen molar-refractivity contribution in [3.8, 4) is 17.2 Å². The minimum absolute atomic E-state index is 0.0698. The first-order valence-electron chi connectivity index (χ1n) is 12.7. The molecule has 7 nitrogen and oxygen atoms in total. The normalized spacial score (nSPS) is 11.7. The van der Waals surface area contributed by atoms with Crippen LogP contribution >= 0.6 is 0 Å². The minimum atomic E-state index is -0.329. The van der Waals surface area contributed by atoms with Crippen molar-refractivity contribution in [2.24, 2.45) is 0 Å². The van der Waals surface area contributed by atoms with E-state index in [1.807, 2.05) is 87.5 Å². The fourth-order valence-corrected chi connectivity index (χ4v) is 4.39. The summed E-state index contributed by atoms with van der Waals surface area (Å²) in [5.74, 6) is 2.62. The van der Waals surface area contributed by atoms with E-state index in [9.17, 15) is 4.79 Å². The zero-order chi connectivity index (χ0) is 27.1. The molecule has 0 aliphatic carbocycles. The lowest BCUT2D eigenvalue weighted by molar-refractivity contribution is -0.123. The minimum Gasteiger partial charge on any atom is -0.493 e. The number of allylic oxidation sites excluding steroid dienone is 1. The molecule has 0 spiro atoms. The van der Waals surface area contributed by atoms with Crippen LogP contribution < -0.4 is 19.5 Å². The summed E-state index contributed by atoms with van der Waals surface area (Å²) in [5.41, 5.74) is 5.03. The van der Waals surface area contributed by atoms with E-state index in [0.717, 1.165) is 40.0 Å². The lowest BCUT2D eigenvalue weighted by Crippen LogP contribution is -2.33. The lowest BCUT2D eigenvalue weighted by Gasteiger charge is -2.18. The Labute approximate surface area is 224 Å². The van der Waals surface area contributed by atoms with Crippen molar-refractivity contribution in [2.75, 3.05) is 20.3 Å². The van der Waals surface area contributed by atoms with Crippen LogP contribution in [0.25, 0.3) is 11.0 Å². The molecule has 7 heteroatoms. The number of benzene rings is 3. The van der Waals surface area contributed by atoms with Gasteiger partial charge in [0.1, 0.15) is 18.2 Å². The van der Waals surface area contributed by atoms with E-state index >= 15 is 0 Å². The third-order valence-electron chi connectivity index (χ3n) is 6.33. The summed E-state index contributed by atoms with van der Waals surface area (Å²) in [6.45, 7) is 10.6. The smallest absolute Gasteiger partial charge is 0.258 e. The molecule has 0 aliphatic heterocycles. The molecule has 0 fully saturated rings. The summed E-state index contributed by atoms with van der Waals surface area (Å²) in [6.07, 6.45) is 2.62. The van der Waals surface area contributed by atoms with E-state index in [0.29, 0.717) is 30.4 Å². The molecule has 1 amide bonds. The number of para-hydroxylation sites is 2. The maximum absolute atomic E-state index is 12.7. The SMILES string of the molecule is C=CCc1ccc(OCCn2c(C(C)NC(=O)COc3cc(C)ccc3C)nc3ccccc32)c(OC)c1. The number of nitrogens with zero attached hydrogens (tertiary/aromatic N) is 2. The fourth-order valence-electron chi connectivity index (χ4n) is 4.39. The van der Waals surface area contributed by atoms with Gasteiger partial charge in [-0.2, -0.15) is 0 Å². The van der Waals surface area contributed by atoms with Crippen molar-refractivity contribution < 1.29 is 19.0 Å². The summed E-state index contributed by atoms with van der Waals surface area (Å²) in [4.78, 5) is 17.6. The van der Waals surface area contributed by atoms with Gasteiger partial charge in [-0.05, 0) is 74.2 Å². The zero-order valence-electron chi connectivity index (χ0n) is 22.5. The Morgan fingerprint density at radius 3 is 2.66 bits per heavy atom. The second-order valence-electron chi connectivity index (χ2n) is 9.28. The van der Waals surface area contributed by atoms with Crippen LogP contribution in [0.3, 0.4) is 0 Å². The highest BCUT2D eigenvalue weighted by atomic mass is 16.5. The van der Waals surface area contributed by atoms with Gasteiger partial charge in [0, 0.05) is 0 Å². The first-order valence-corrected chi connectivity index (χ1v) is 12.7. The van der Waals surface area contributed by atoms with E-state index in [-0.39, 0.29) is 18.6 Å². The Morgan fingerprint density at radius 1 is 1.05 bits per heavy atom. The topological polar surface area (TPSA) is 74.6 Å². The summed E-state index contributed by atoms with van der Waals surface area (Å²) in [6, 6.07) is 19.4. The summed E-state index contributed by atoms with van der Waals surface area (Å²) in [5, 5.41) is 3.03. The summed E-state index contributed by atoms with van der Waals surface area (Å²) < 4.78 is 19.5. The lowest BCUT2D eigenvalue weighted by atomic mass is 10.1. The molecule has 1 atom stereocenters. The van der Waals surface area contributed by atoms with Gasteiger partial charge in [0.15, 0.2) is 18.1 Å². The molecule has 0 saturated heterocycles. The molecule has 3 aromatic carbocycles. The van der Waals surface area contributed by atoms with Crippen molar-refractivity contribution in [1.29, 1.82) is 0 Å². The molecule has 1 heterocycles. The van der Waals surface area contributed by atoms with Crippen LogP contribution in [0.1, 0.15) is 35.5 Å². The van der Waals surface area contributed by atoms with Gasteiger partial charge < -0.3 is 24.1 Å². The van der Waals surface area contributed by atoms with Crippen LogP contribution in [0, 0.1) is 13.8 Å². The van der Waals surface area contributed by atoms with Gasteiger partial charge in [0.25, 0.3) is 5.91 Å². The van der Waals surface area contributed by atoms with Gasteiger partial charge in [-0.1, -0.05) is 36.4 Å². The second kappa shape index (κ2) is 12.3. The molecule has 4 rings (SSSR count). The highest BCUT2D eigenvalue weighted by Gasteiger charge is 2.19. The molecular weight excluding hydrogens is 478 g/mol. The molecule has 0 aliphatic rings. The zero-order valence-corrected chi connectivity index (χ0v) is 22.5. The molecular formula is C31H35N3O4. The van der Waals surface area contributed by atoms with E-state index in [4.69, 9.17) is 19.2 Å². The quantitative estimate of drug-likeness (QED) is 0.245. The molecule has 1 aromatic heterocycles. The summed E-state index contributed by atoms with van der Waals surface area (Å²) in [7, 11) is 1.63. The predicted molar refractivity (Wildman–Crippen MR) is 150 cm³/mol. The van der Waals surface area contributed by atoms with Gasteiger partial charge in [-0.25, -0.2) is 4.98 Å². The Morgan fingerprint density at radius 2 is 1.87 bits per heavy atom. The van der Waals surface area contributed by atoms with Crippen molar-refractivity contribution in [3.05, 3.63) is 95.8 Å². The number of carbonyl (C=O) groups is 1. The standard InChI is InChI=1S/C31H35N3O4/c1-6-9-24-14-15-27(29(19-24)36-5)37-17-16-34-26-11-8-7-10-25(26)33-31(34)23(4)32-30(35)20-38-28-18-21(2)12-13-22(28)3/h6-8,10-15,18-19,23H,1,9,16-17,20H2,2-5H3,(H,32,35). The van der Waals surface area contributed by atoms with Crippen molar-refractivity contribution in [3.63, 3.8) is 0 Å². The number of carbonyl (C=O) groups excluding carboxylic acids is 1. The number of rotatable bonds is 12. The number of aromatic nitrogens is 2. The Hall–Kier alpha value is -4.26. The molecule has 38 heavy (non-hydrogen) atoms. The third-order valence-corrected chi connectivity index (χ3v) is 6.33.